The van der Waals surface area contributed by atoms with E-state index in [1.54, 1.807) is 6.07 Å². The number of carbonyl (C=O) groups is 2. The summed E-state index contributed by atoms with van der Waals surface area (Å²) in [5.74, 6) is -1.12. The van der Waals surface area contributed by atoms with Gasteiger partial charge in [0.15, 0.2) is 0 Å². The van der Waals surface area contributed by atoms with Gasteiger partial charge in [-0.2, -0.15) is 0 Å². The molecule has 1 unspecified atom stereocenters. The first kappa shape index (κ1) is 14.2. The Hall–Kier alpha value is -1.84. The number of carboxylic acids is 1. The van der Waals surface area contributed by atoms with E-state index in [0.717, 1.165) is 11.1 Å². The molecule has 1 aromatic rings. The molecule has 0 radical (unpaired) electrons. The van der Waals surface area contributed by atoms with Gasteiger partial charge in [-0.25, -0.2) is 0 Å². The van der Waals surface area contributed by atoms with Crippen LogP contribution in [-0.4, -0.2) is 23.0 Å². The monoisotopic (exact) mass is 249 g/mol. The summed E-state index contributed by atoms with van der Waals surface area (Å²) in [6.45, 7) is 5.78. The molecule has 4 heteroatoms. The lowest BCUT2D eigenvalue weighted by Crippen LogP contribution is -2.36. The Labute approximate surface area is 107 Å². The topological polar surface area (TPSA) is 66.4 Å². The van der Waals surface area contributed by atoms with Crippen LogP contribution in [0, 0.1) is 13.8 Å². The number of nitrogens with one attached hydrogen (secondary N) is 1. The average Bonchev–Trinajstić information content (AvgIpc) is 2.31. The van der Waals surface area contributed by atoms with E-state index in [1.165, 1.54) is 0 Å². The fourth-order valence-corrected chi connectivity index (χ4v) is 1.66. The van der Waals surface area contributed by atoms with Crippen molar-refractivity contribution in [3.63, 3.8) is 0 Å². The van der Waals surface area contributed by atoms with Gasteiger partial charge in [-0.15, -0.1) is 0 Å². The molecule has 0 heterocycles. The van der Waals surface area contributed by atoms with Crippen LogP contribution < -0.4 is 5.32 Å². The quantitative estimate of drug-likeness (QED) is 0.841. The zero-order valence-corrected chi connectivity index (χ0v) is 11.0. The number of benzene rings is 1. The highest BCUT2D eigenvalue weighted by Gasteiger charge is 2.15. The molecule has 0 saturated carbocycles. The van der Waals surface area contributed by atoms with E-state index < -0.39 is 5.97 Å². The lowest BCUT2D eigenvalue weighted by Gasteiger charge is -2.15. The summed E-state index contributed by atoms with van der Waals surface area (Å²) in [7, 11) is 0. The highest BCUT2D eigenvalue weighted by molar-refractivity contribution is 5.94. The van der Waals surface area contributed by atoms with Crippen molar-refractivity contribution in [2.45, 2.75) is 39.7 Å². The number of hydrogen-bond donors (Lipinski definition) is 2. The molecule has 1 rings (SSSR count). The Morgan fingerprint density at radius 3 is 2.44 bits per heavy atom. The van der Waals surface area contributed by atoms with Crippen LogP contribution in [-0.2, 0) is 4.79 Å². The normalized spacial score (nSPS) is 11.9. The van der Waals surface area contributed by atoms with Gasteiger partial charge in [-0.05, 0) is 43.5 Å². The Morgan fingerprint density at radius 2 is 1.94 bits per heavy atom. The van der Waals surface area contributed by atoms with Crippen LogP contribution in [0.15, 0.2) is 18.2 Å². The van der Waals surface area contributed by atoms with Gasteiger partial charge >= 0.3 is 5.97 Å². The minimum absolute atomic E-state index is 0.0485. The van der Waals surface area contributed by atoms with Gasteiger partial charge in [0.1, 0.15) is 0 Å². The smallest absolute Gasteiger partial charge is 0.305 e. The van der Waals surface area contributed by atoms with Crippen LogP contribution in [0.5, 0.6) is 0 Å². The summed E-state index contributed by atoms with van der Waals surface area (Å²) < 4.78 is 0. The molecule has 98 valence electrons. The zero-order chi connectivity index (χ0) is 13.7. The average molecular weight is 249 g/mol. The third kappa shape index (κ3) is 3.87. The largest absolute Gasteiger partial charge is 0.481 e. The van der Waals surface area contributed by atoms with E-state index in [1.807, 2.05) is 32.9 Å². The maximum absolute atomic E-state index is 12.0. The van der Waals surface area contributed by atoms with Gasteiger partial charge in [0, 0.05) is 11.6 Å². The van der Waals surface area contributed by atoms with Crippen molar-refractivity contribution in [3.8, 4) is 0 Å². The van der Waals surface area contributed by atoms with E-state index in [0.29, 0.717) is 12.0 Å². The fraction of sp³-hybridized carbons (Fsp3) is 0.429. The second-order valence-electron chi connectivity index (χ2n) is 4.48. The van der Waals surface area contributed by atoms with Crippen LogP contribution >= 0.6 is 0 Å². The number of rotatable bonds is 5. The van der Waals surface area contributed by atoms with Crippen molar-refractivity contribution in [1.82, 2.24) is 5.32 Å². The molecule has 1 atom stereocenters. The molecule has 0 bridgehead atoms. The van der Waals surface area contributed by atoms with Crippen molar-refractivity contribution in [3.05, 3.63) is 34.9 Å². The van der Waals surface area contributed by atoms with Crippen molar-refractivity contribution in [1.29, 1.82) is 0 Å². The molecule has 1 amide bonds. The molecular formula is C14H19NO3. The predicted octanol–water partition coefficient (Wildman–Crippen LogP) is 2.29. The third-order valence-electron chi connectivity index (χ3n) is 3.02. The number of carbonyl (C=O) groups excluding carboxylic acids is 1. The first-order chi connectivity index (χ1) is 8.43. The SMILES string of the molecule is CCC(CC(=O)O)NC(=O)c1ccc(C)c(C)c1. The molecule has 0 aliphatic carbocycles. The van der Waals surface area contributed by atoms with E-state index in [4.69, 9.17) is 5.11 Å². The second-order valence-corrected chi connectivity index (χ2v) is 4.48. The Kier molecular flexibility index (Phi) is 4.89. The molecule has 1 aromatic carbocycles. The molecular weight excluding hydrogens is 230 g/mol. The number of aryl methyl sites for hydroxylation is 2. The summed E-state index contributed by atoms with van der Waals surface area (Å²) in [5.41, 5.74) is 2.75. The summed E-state index contributed by atoms with van der Waals surface area (Å²) in [5, 5.41) is 11.5. The Morgan fingerprint density at radius 1 is 1.28 bits per heavy atom. The standard InChI is InChI=1S/C14H19NO3/c1-4-12(8-13(16)17)15-14(18)11-6-5-9(2)10(3)7-11/h5-7,12H,4,8H2,1-3H3,(H,15,18)(H,16,17). The minimum Gasteiger partial charge on any atom is -0.481 e. The van der Waals surface area contributed by atoms with E-state index in [9.17, 15) is 9.59 Å². The second kappa shape index (κ2) is 6.19. The van der Waals surface area contributed by atoms with Gasteiger partial charge in [-0.3, -0.25) is 9.59 Å². The molecule has 0 saturated heterocycles. The predicted molar refractivity (Wildman–Crippen MR) is 69.7 cm³/mol. The van der Waals surface area contributed by atoms with Gasteiger partial charge < -0.3 is 10.4 Å². The molecule has 0 spiro atoms. The zero-order valence-electron chi connectivity index (χ0n) is 11.0. The van der Waals surface area contributed by atoms with Gasteiger partial charge in [0.05, 0.1) is 6.42 Å². The molecule has 4 nitrogen and oxygen atoms in total. The van der Waals surface area contributed by atoms with Gasteiger partial charge in [0.2, 0.25) is 0 Å². The summed E-state index contributed by atoms with van der Waals surface area (Å²) >= 11 is 0. The lowest BCUT2D eigenvalue weighted by atomic mass is 10.0. The van der Waals surface area contributed by atoms with Crippen molar-refractivity contribution >= 4 is 11.9 Å². The first-order valence-corrected chi connectivity index (χ1v) is 6.04. The molecule has 0 fully saturated rings. The number of amides is 1. The maximum Gasteiger partial charge on any atom is 0.305 e. The van der Waals surface area contributed by atoms with E-state index in [-0.39, 0.29) is 18.4 Å². The molecule has 0 aliphatic heterocycles. The summed E-state index contributed by atoms with van der Waals surface area (Å²) in [6.07, 6.45) is 0.552. The van der Waals surface area contributed by atoms with E-state index >= 15 is 0 Å². The fourth-order valence-electron chi connectivity index (χ4n) is 1.66. The van der Waals surface area contributed by atoms with E-state index in [2.05, 4.69) is 5.32 Å². The highest BCUT2D eigenvalue weighted by atomic mass is 16.4. The van der Waals surface area contributed by atoms with Crippen molar-refractivity contribution in [2.24, 2.45) is 0 Å². The van der Waals surface area contributed by atoms with Gasteiger partial charge in [0.25, 0.3) is 5.91 Å². The van der Waals surface area contributed by atoms with Crippen LogP contribution in [0.2, 0.25) is 0 Å². The van der Waals surface area contributed by atoms with Crippen LogP contribution in [0.4, 0.5) is 0 Å². The molecule has 18 heavy (non-hydrogen) atoms. The first-order valence-electron chi connectivity index (χ1n) is 6.04. The summed E-state index contributed by atoms with van der Waals surface area (Å²) in [4.78, 5) is 22.6. The van der Waals surface area contributed by atoms with Crippen LogP contribution in [0.25, 0.3) is 0 Å². The highest BCUT2D eigenvalue weighted by Crippen LogP contribution is 2.10. The van der Waals surface area contributed by atoms with Crippen molar-refractivity contribution < 1.29 is 14.7 Å². The molecule has 2 N–H and O–H groups in total. The van der Waals surface area contributed by atoms with Gasteiger partial charge in [-0.1, -0.05) is 13.0 Å². The van der Waals surface area contributed by atoms with Crippen LogP contribution in [0.3, 0.4) is 0 Å². The Bertz CT molecular complexity index is 454. The molecule has 0 aromatic heterocycles. The number of carboxylic acid groups (broad SMARTS) is 1. The summed E-state index contributed by atoms with van der Waals surface area (Å²) in [6, 6.07) is 5.14. The third-order valence-corrected chi connectivity index (χ3v) is 3.02. The van der Waals surface area contributed by atoms with Crippen LogP contribution in [0.1, 0.15) is 41.3 Å². The maximum atomic E-state index is 12.0. The lowest BCUT2D eigenvalue weighted by molar-refractivity contribution is -0.137. The number of aliphatic carboxylic acids is 1. The molecule has 0 aliphatic rings. The number of hydrogen-bond acceptors (Lipinski definition) is 2. The Balaban J connectivity index is 2.74. The minimum atomic E-state index is -0.901. The van der Waals surface area contributed by atoms with Crippen molar-refractivity contribution in [2.75, 3.05) is 0 Å².